The van der Waals surface area contributed by atoms with E-state index in [-0.39, 0.29) is 24.1 Å². The molecule has 2 aromatic carbocycles. The Balaban J connectivity index is 1.69. The van der Waals surface area contributed by atoms with Crippen molar-refractivity contribution in [1.29, 1.82) is 0 Å². The first kappa shape index (κ1) is 18.2. The molecule has 0 spiro atoms. The highest BCUT2D eigenvalue weighted by Gasteiger charge is 2.29. The summed E-state index contributed by atoms with van der Waals surface area (Å²) in [4.78, 5) is 25.6. The molecular formula is C19H17ClFNO4. The predicted octanol–water partition coefficient (Wildman–Crippen LogP) is 3.88. The SMILES string of the molecule is CC(=O)c1cc(Cl)cc2c1OCC(=O)N2CCCOc1ccc(F)cc1. The largest absolute Gasteiger partial charge is 0.494 e. The van der Waals surface area contributed by atoms with Crippen LogP contribution < -0.4 is 14.4 Å². The maximum Gasteiger partial charge on any atom is 0.265 e. The van der Waals surface area contributed by atoms with Gasteiger partial charge in [-0.25, -0.2) is 4.39 Å². The Kier molecular flexibility index (Phi) is 5.42. The number of hydrogen-bond donors (Lipinski definition) is 0. The summed E-state index contributed by atoms with van der Waals surface area (Å²) in [6.45, 7) is 2.03. The molecule has 1 aliphatic heterocycles. The van der Waals surface area contributed by atoms with Gasteiger partial charge in [-0.1, -0.05) is 11.6 Å². The maximum absolute atomic E-state index is 12.9. The Morgan fingerprint density at radius 1 is 1.31 bits per heavy atom. The zero-order valence-corrected chi connectivity index (χ0v) is 14.9. The predicted molar refractivity (Wildman–Crippen MR) is 95.8 cm³/mol. The maximum atomic E-state index is 12.9. The zero-order valence-electron chi connectivity index (χ0n) is 14.1. The molecule has 3 rings (SSSR count). The molecule has 0 unspecified atom stereocenters. The van der Waals surface area contributed by atoms with Gasteiger partial charge in [-0.05, 0) is 49.7 Å². The molecule has 0 aliphatic carbocycles. The third-order valence-electron chi connectivity index (χ3n) is 3.95. The molecular weight excluding hydrogens is 361 g/mol. The second-order valence-electron chi connectivity index (χ2n) is 5.85. The van der Waals surface area contributed by atoms with Gasteiger partial charge in [0.15, 0.2) is 18.1 Å². The van der Waals surface area contributed by atoms with E-state index in [0.717, 1.165) is 0 Å². The number of fused-ring (bicyclic) bond motifs is 1. The summed E-state index contributed by atoms with van der Waals surface area (Å²) in [6.07, 6.45) is 0.546. The van der Waals surface area contributed by atoms with Crippen LogP contribution in [-0.2, 0) is 4.79 Å². The van der Waals surface area contributed by atoms with Crippen LogP contribution in [-0.4, -0.2) is 31.4 Å². The van der Waals surface area contributed by atoms with Crippen molar-refractivity contribution in [2.24, 2.45) is 0 Å². The van der Waals surface area contributed by atoms with Crippen LogP contribution in [0.1, 0.15) is 23.7 Å². The molecule has 0 saturated carbocycles. The number of carbonyl (C=O) groups excluding carboxylic acids is 2. The molecule has 0 fully saturated rings. The number of hydrogen-bond acceptors (Lipinski definition) is 4. The van der Waals surface area contributed by atoms with Crippen molar-refractivity contribution in [1.82, 2.24) is 0 Å². The quantitative estimate of drug-likeness (QED) is 0.566. The summed E-state index contributed by atoms with van der Waals surface area (Å²) < 4.78 is 23.9. The fourth-order valence-electron chi connectivity index (χ4n) is 2.73. The third kappa shape index (κ3) is 3.96. The van der Waals surface area contributed by atoms with Crippen molar-refractivity contribution in [3.63, 3.8) is 0 Å². The smallest absolute Gasteiger partial charge is 0.265 e. The first-order valence-corrected chi connectivity index (χ1v) is 8.49. The number of ether oxygens (including phenoxy) is 2. The highest BCUT2D eigenvalue weighted by atomic mass is 35.5. The molecule has 0 bridgehead atoms. The summed E-state index contributed by atoms with van der Waals surface area (Å²) in [6, 6.07) is 8.88. The van der Waals surface area contributed by atoms with Crippen LogP contribution in [0.4, 0.5) is 10.1 Å². The molecule has 1 aliphatic rings. The molecule has 0 saturated heterocycles. The molecule has 5 nitrogen and oxygen atoms in total. The number of Topliss-reactive ketones (excluding diaryl/α,β-unsaturated/α-hetero) is 1. The Hall–Kier alpha value is -2.60. The lowest BCUT2D eigenvalue weighted by atomic mass is 10.1. The molecule has 2 aromatic rings. The number of rotatable bonds is 6. The monoisotopic (exact) mass is 377 g/mol. The number of nitrogens with zero attached hydrogens (tertiary/aromatic N) is 1. The summed E-state index contributed by atoms with van der Waals surface area (Å²) in [5.41, 5.74) is 0.841. The number of amides is 1. The summed E-state index contributed by atoms with van der Waals surface area (Å²) >= 11 is 6.09. The van der Waals surface area contributed by atoms with Crippen molar-refractivity contribution in [3.8, 4) is 11.5 Å². The normalized spacial score (nSPS) is 13.2. The molecule has 0 atom stereocenters. The van der Waals surface area contributed by atoms with E-state index < -0.39 is 0 Å². The lowest BCUT2D eigenvalue weighted by molar-refractivity contribution is -0.121. The number of anilines is 1. The Morgan fingerprint density at radius 2 is 2.04 bits per heavy atom. The standard InChI is InChI=1S/C19H17ClFNO4/c1-12(23)16-9-13(20)10-17-19(16)26-11-18(24)22(17)7-2-8-25-15-5-3-14(21)4-6-15/h3-6,9-10H,2,7-8,11H2,1H3. The van der Waals surface area contributed by atoms with E-state index in [0.29, 0.717) is 47.3 Å². The van der Waals surface area contributed by atoms with E-state index in [1.54, 1.807) is 23.1 Å². The highest BCUT2D eigenvalue weighted by Crippen LogP contribution is 2.38. The van der Waals surface area contributed by atoms with Gasteiger partial charge in [0, 0.05) is 11.6 Å². The van der Waals surface area contributed by atoms with Crippen LogP contribution in [0.3, 0.4) is 0 Å². The van der Waals surface area contributed by atoms with Crippen molar-refractivity contribution in [2.75, 3.05) is 24.7 Å². The average molecular weight is 378 g/mol. The van der Waals surface area contributed by atoms with Gasteiger partial charge in [-0.3, -0.25) is 9.59 Å². The Labute approximate surface area is 155 Å². The minimum atomic E-state index is -0.328. The van der Waals surface area contributed by atoms with Crippen molar-refractivity contribution >= 4 is 29.0 Å². The Bertz CT molecular complexity index is 838. The van der Waals surface area contributed by atoms with E-state index in [1.807, 2.05) is 0 Å². The van der Waals surface area contributed by atoms with Gasteiger partial charge in [-0.2, -0.15) is 0 Å². The van der Waals surface area contributed by atoms with E-state index in [1.165, 1.54) is 25.1 Å². The van der Waals surface area contributed by atoms with Gasteiger partial charge in [0.05, 0.1) is 17.9 Å². The first-order chi connectivity index (χ1) is 12.5. The molecule has 0 aromatic heterocycles. The van der Waals surface area contributed by atoms with Crippen molar-refractivity contribution in [3.05, 3.63) is 52.8 Å². The first-order valence-electron chi connectivity index (χ1n) is 8.11. The lowest BCUT2D eigenvalue weighted by Crippen LogP contribution is -2.40. The lowest BCUT2D eigenvalue weighted by Gasteiger charge is -2.30. The third-order valence-corrected chi connectivity index (χ3v) is 4.17. The minimum absolute atomic E-state index is 0.131. The van der Waals surface area contributed by atoms with Gasteiger partial charge in [0.25, 0.3) is 5.91 Å². The molecule has 136 valence electrons. The molecule has 0 radical (unpaired) electrons. The van der Waals surface area contributed by atoms with E-state index in [4.69, 9.17) is 21.1 Å². The van der Waals surface area contributed by atoms with Gasteiger partial charge in [0.1, 0.15) is 11.6 Å². The van der Waals surface area contributed by atoms with E-state index in [9.17, 15) is 14.0 Å². The number of carbonyl (C=O) groups is 2. The Morgan fingerprint density at radius 3 is 2.73 bits per heavy atom. The topological polar surface area (TPSA) is 55.8 Å². The highest BCUT2D eigenvalue weighted by molar-refractivity contribution is 6.31. The van der Waals surface area contributed by atoms with Gasteiger partial charge in [0.2, 0.25) is 0 Å². The summed E-state index contributed by atoms with van der Waals surface area (Å²) in [7, 11) is 0. The molecule has 1 heterocycles. The number of halogens is 2. The minimum Gasteiger partial charge on any atom is -0.494 e. The van der Waals surface area contributed by atoms with Crippen LogP contribution >= 0.6 is 11.6 Å². The second-order valence-corrected chi connectivity index (χ2v) is 6.28. The van der Waals surface area contributed by atoms with Crippen molar-refractivity contribution < 1.29 is 23.5 Å². The number of benzene rings is 2. The van der Waals surface area contributed by atoms with Crippen LogP contribution in [0.5, 0.6) is 11.5 Å². The molecule has 0 N–H and O–H groups in total. The second kappa shape index (κ2) is 7.74. The molecule has 7 heteroatoms. The van der Waals surface area contributed by atoms with Crippen LogP contribution in [0.25, 0.3) is 0 Å². The van der Waals surface area contributed by atoms with Crippen LogP contribution in [0, 0.1) is 5.82 Å². The molecule has 1 amide bonds. The van der Waals surface area contributed by atoms with Crippen LogP contribution in [0.15, 0.2) is 36.4 Å². The summed E-state index contributed by atoms with van der Waals surface area (Å²) in [5.74, 6) is 0.211. The van der Waals surface area contributed by atoms with E-state index in [2.05, 4.69) is 0 Å². The summed E-state index contributed by atoms with van der Waals surface area (Å²) in [5, 5.41) is 0.361. The fourth-order valence-corrected chi connectivity index (χ4v) is 2.94. The average Bonchev–Trinajstić information content (AvgIpc) is 2.61. The van der Waals surface area contributed by atoms with Gasteiger partial charge >= 0.3 is 0 Å². The molecule has 26 heavy (non-hydrogen) atoms. The van der Waals surface area contributed by atoms with Gasteiger partial charge < -0.3 is 14.4 Å². The fraction of sp³-hybridized carbons (Fsp3) is 0.263. The van der Waals surface area contributed by atoms with Crippen molar-refractivity contribution in [2.45, 2.75) is 13.3 Å². The van der Waals surface area contributed by atoms with Crippen LogP contribution in [0.2, 0.25) is 5.02 Å². The van der Waals surface area contributed by atoms with Gasteiger partial charge in [-0.15, -0.1) is 0 Å². The van der Waals surface area contributed by atoms with E-state index >= 15 is 0 Å². The number of ketones is 1. The zero-order chi connectivity index (χ0) is 18.7.